The van der Waals surface area contributed by atoms with Crippen molar-refractivity contribution >= 4 is 26.8 Å². The van der Waals surface area contributed by atoms with Crippen molar-refractivity contribution in [2.45, 2.75) is 6.61 Å². The molecule has 0 aliphatic carbocycles. The molecule has 0 aliphatic rings. The Morgan fingerprint density at radius 2 is 1.95 bits per heavy atom. The maximum Gasteiger partial charge on any atom is 0.165 e. The fourth-order valence-corrected chi connectivity index (χ4v) is 2.36. The molecule has 3 aromatic rings. The normalized spacial score (nSPS) is 10.7. The third-order valence-corrected chi connectivity index (χ3v) is 3.51. The second-order valence-corrected chi connectivity index (χ2v) is 5.27. The number of aromatic nitrogens is 1. The summed E-state index contributed by atoms with van der Waals surface area (Å²) in [5.74, 6) is -0.133. The number of hydrogen-bond donors (Lipinski definition) is 0. The highest BCUT2D eigenvalue weighted by atomic mass is 79.9. The van der Waals surface area contributed by atoms with Crippen LogP contribution in [-0.4, -0.2) is 4.98 Å². The Labute approximate surface area is 124 Å². The van der Waals surface area contributed by atoms with Crippen molar-refractivity contribution in [2.75, 3.05) is 0 Å². The number of nitrogens with zero attached hydrogens (tertiary/aromatic N) is 1. The molecule has 0 spiro atoms. The second kappa shape index (κ2) is 5.59. The predicted molar refractivity (Wildman–Crippen MR) is 80.2 cm³/mol. The van der Waals surface area contributed by atoms with Gasteiger partial charge >= 0.3 is 0 Å². The van der Waals surface area contributed by atoms with Crippen LogP contribution in [0.1, 0.15) is 5.56 Å². The van der Waals surface area contributed by atoms with Crippen LogP contribution in [0.25, 0.3) is 10.9 Å². The van der Waals surface area contributed by atoms with Crippen molar-refractivity contribution in [3.63, 3.8) is 0 Å². The van der Waals surface area contributed by atoms with Crippen LogP contribution in [0.15, 0.2) is 59.2 Å². The number of rotatable bonds is 3. The molecule has 0 unspecified atom stereocenters. The summed E-state index contributed by atoms with van der Waals surface area (Å²) < 4.78 is 20.0. The Hall–Kier alpha value is -1.94. The van der Waals surface area contributed by atoms with Gasteiger partial charge in [-0.05, 0) is 30.3 Å². The summed E-state index contributed by atoms with van der Waals surface area (Å²) in [6, 6.07) is 14.4. The van der Waals surface area contributed by atoms with Gasteiger partial charge < -0.3 is 4.74 Å². The van der Waals surface area contributed by atoms with Crippen LogP contribution >= 0.6 is 15.9 Å². The zero-order valence-electron chi connectivity index (χ0n) is 10.5. The van der Waals surface area contributed by atoms with E-state index in [9.17, 15) is 4.39 Å². The van der Waals surface area contributed by atoms with E-state index in [2.05, 4.69) is 20.9 Å². The molecule has 4 heteroatoms. The smallest absolute Gasteiger partial charge is 0.165 e. The number of para-hydroxylation sites is 1. The van der Waals surface area contributed by atoms with Gasteiger partial charge in [0.1, 0.15) is 6.61 Å². The Morgan fingerprint density at radius 1 is 1.10 bits per heavy atom. The molecule has 0 amide bonds. The van der Waals surface area contributed by atoms with Gasteiger partial charge in [-0.15, -0.1) is 0 Å². The van der Waals surface area contributed by atoms with Gasteiger partial charge in [0.15, 0.2) is 11.6 Å². The lowest BCUT2D eigenvalue weighted by Gasteiger charge is -2.09. The average molecular weight is 332 g/mol. The summed E-state index contributed by atoms with van der Waals surface area (Å²) in [5, 5.41) is 1.02. The van der Waals surface area contributed by atoms with Gasteiger partial charge in [-0.3, -0.25) is 4.98 Å². The highest BCUT2D eigenvalue weighted by Crippen LogP contribution is 2.24. The van der Waals surface area contributed by atoms with Gasteiger partial charge in [0.2, 0.25) is 0 Å². The van der Waals surface area contributed by atoms with Crippen molar-refractivity contribution in [3.05, 3.63) is 70.6 Å². The van der Waals surface area contributed by atoms with E-state index < -0.39 is 0 Å². The van der Waals surface area contributed by atoms with Gasteiger partial charge in [-0.2, -0.15) is 0 Å². The molecule has 1 aromatic heterocycles. The van der Waals surface area contributed by atoms with Crippen LogP contribution in [0.3, 0.4) is 0 Å². The molecule has 0 fully saturated rings. The predicted octanol–water partition coefficient (Wildman–Crippen LogP) is 4.72. The van der Waals surface area contributed by atoms with Gasteiger partial charge in [-0.25, -0.2) is 4.39 Å². The van der Waals surface area contributed by atoms with Crippen molar-refractivity contribution in [2.24, 2.45) is 0 Å². The molecule has 0 saturated carbocycles. The van der Waals surface area contributed by atoms with E-state index in [1.54, 1.807) is 18.3 Å². The van der Waals surface area contributed by atoms with E-state index in [-0.39, 0.29) is 11.6 Å². The first-order valence-electron chi connectivity index (χ1n) is 6.14. The molecule has 0 bridgehead atoms. The van der Waals surface area contributed by atoms with Crippen molar-refractivity contribution in [3.8, 4) is 5.75 Å². The van der Waals surface area contributed by atoms with Crippen LogP contribution in [-0.2, 0) is 6.61 Å². The number of ether oxygens (including phenoxy) is 1. The number of pyridine rings is 1. The third-order valence-electron chi connectivity index (χ3n) is 3.02. The summed E-state index contributed by atoms with van der Waals surface area (Å²) >= 11 is 3.31. The highest BCUT2D eigenvalue weighted by Gasteiger charge is 2.06. The lowest BCUT2D eigenvalue weighted by atomic mass is 10.1. The SMILES string of the molecule is Fc1ccc(Br)cc1OCc1ccnc2ccccc12. The molecule has 0 atom stereocenters. The quantitative estimate of drug-likeness (QED) is 0.693. The molecule has 0 N–H and O–H groups in total. The second-order valence-electron chi connectivity index (χ2n) is 4.35. The first-order chi connectivity index (χ1) is 9.74. The molecule has 0 saturated heterocycles. The minimum atomic E-state index is -0.369. The van der Waals surface area contributed by atoms with E-state index in [0.29, 0.717) is 6.61 Å². The molecular weight excluding hydrogens is 321 g/mol. The van der Waals surface area contributed by atoms with Crippen LogP contribution in [0, 0.1) is 5.82 Å². The molecular formula is C16H11BrFNO. The van der Waals surface area contributed by atoms with Gasteiger partial charge in [0, 0.05) is 21.6 Å². The molecule has 3 rings (SSSR count). The largest absolute Gasteiger partial charge is 0.486 e. The highest BCUT2D eigenvalue weighted by molar-refractivity contribution is 9.10. The first kappa shape index (κ1) is 13.1. The minimum absolute atomic E-state index is 0.236. The number of fused-ring (bicyclic) bond motifs is 1. The van der Waals surface area contributed by atoms with E-state index in [1.165, 1.54) is 6.07 Å². The fourth-order valence-electron chi connectivity index (χ4n) is 2.02. The molecule has 100 valence electrons. The maximum absolute atomic E-state index is 13.6. The van der Waals surface area contributed by atoms with Crippen LogP contribution in [0.5, 0.6) is 5.75 Å². The Kier molecular flexibility index (Phi) is 3.65. The number of benzene rings is 2. The van der Waals surface area contributed by atoms with E-state index in [4.69, 9.17) is 4.74 Å². The Bertz CT molecular complexity index is 755. The molecule has 0 aliphatic heterocycles. The van der Waals surface area contributed by atoms with E-state index >= 15 is 0 Å². The topological polar surface area (TPSA) is 22.1 Å². The van der Waals surface area contributed by atoms with Crippen molar-refractivity contribution in [1.29, 1.82) is 0 Å². The zero-order chi connectivity index (χ0) is 13.9. The van der Waals surface area contributed by atoms with Gasteiger partial charge in [0.25, 0.3) is 0 Å². The van der Waals surface area contributed by atoms with Crippen molar-refractivity contribution < 1.29 is 9.13 Å². The number of hydrogen-bond acceptors (Lipinski definition) is 2. The van der Waals surface area contributed by atoms with Gasteiger partial charge in [0.05, 0.1) is 5.52 Å². The average Bonchev–Trinajstić information content (AvgIpc) is 2.48. The maximum atomic E-state index is 13.6. The summed E-state index contributed by atoms with van der Waals surface area (Å²) in [6.07, 6.45) is 1.73. The molecule has 1 heterocycles. The minimum Gasteiger partial charge on any atom is -0.486 e. The summed E-state index contributed by atoms with van der Waals surface area (Å²) in [6.45, 7) is 0.302. The zero-order valence-corrected chi connectivity index (χ0v) is 12.1. The molecule has 20 heavy (non-hydrogen) atoms. The molecule has 0 radical (unpaired) electrons. The van der Waals surface area contributed by atoms with Crippen LogP contribution in [0.2, 0.25) is 0 Å². The summed E-state index contributed by atoms with van der Waals surface area (Å²) in [7, 11) is 0. The third kappa shape index (κ3) is 2.65. The van der Waals surface area contributed by atoms with Crippen molar-refractivity contribution in [1.82, 2.24) is 4.98 Å². The first-order valence-corrected chi connectivity index (χ1v) is 6.94. The van der Waals surface area contributed by atoms with Crippen LogP contribution in [0.4, 0.5) is 4.39 Å². The Morgan fingerprint density at radius 3 is 2.85 bits per heavy atom. The monoisotopic (exact) mass is 331 g/mol. The van der Waals surface area contributed by atoms with Gasteiger partial charge in [-0.1, -0.05) is 34.1 Å². The van der Waals surface area contributed by atoms with E-state index in [0.717, 1.165) is 20.9 Å². The van der Waals surface area contributed by atoms with Crippen LogP contribution < -0.4 is 4.74 Å². The van der Waals surface area contributed by atoms with E-state index in [1.807, 2.05) is 30.3 Å². The molecule has 2 nitrogen and oxygen atoms in total. The lowest BCUT2D eigenvalue weighted by molar-refractivity contribution is 0.291. The Balaban J connectivity index is 1.89. The lowest BCUT2D eigenvalue weighted by Crippen LogP contribution is -1.99. The summed E-state index contributed by atoms with van der Waals surface area (Å²) in [5.41, 5.74) is 1.89. The number of halogens is 2. The standard InChI is InChI=1S/C16H11BrFNO/c17-12-5-6-14(18)16(9-12)20-10-11-7-8-19-15-4-2-1-3-13(11)15/h1-9H,10H2. The fraction of sp³-hybridized carbons (Fsp3) is 0.0625. The molecule has 2 aromatic carbocycles. The summed E-state index contributed by atoms with van der Waals surface area (Å²) in [4.78, 5) is 4.29.